The van der Waals surface area contributed by atoms with E-state index in [0.29, 0.717) is 5.92 Å². The van der Waals surface area contributed by atoms with Crippen LogP contribution in [-0.4, -0.2) is 24.8 Å². The summed E-state index contributed by atoms with van der Waals surface area (Å²) in [6.07, 6.45) is 2.06. The van der Waals surface area contributed by atoms with Crippen molar-refractivity contribution in [2.24, 2.45) is 5.92 Å². The van der Waals surface area contributed by atoms with Crippen LogP contribution in [0.1, 0.15) is 19.8 Å². The maximum absolute atomic E-state index is 12.0. The molecule has 1 aromatic rings. The quantitative estimate of drug-likeness (QED) is 0.829. The summed E-state index contributed by atoms with van der Waals surface area (Å²) >= 11 is 7.69. The van der Waals surface area contributed by atoms with E-state index in [4.69, 9.17) is 4.74 Å². The number of fused-ring (bicyclic) bond motifs is 1. The van der Waals surface area contributed by atoms with E-state index in [0.717, 1.165) is 41.0 Å². The molecule has 1 amide bonds. The zero-order valence-corrected chi connectivity index (χ0v) is 13.4. The van der Waals surface area contributed by atoms with Crippen LogP contribution in [0, 0.1) is 5.92 Å². The molecule has 1 heterocycles. The standard InChI is InChI=1S/C14H18BrNO2S/c1-10(5-7-19)4-6-16-12-8-11(15)2-3-13(12)18-9-14(16)17/h2-3,8,10,19H,4-7,9H2,1H3. The summed E-state index contributed by atoms with van der Waals surface area (Å²) < 4.78 is 6.41. The first-order valence-corrected chi connectivity index (χ1v) is 7.88. The molecule has 1 atom stereocenters. The van der Waals surface area contributed by atoms with Gasteiger partial charge in [0.05, 0.1) is 5.69 Å². The average Bonchev–Trinajstić information content (AvgIpc) is 2.38. The topological polar surface area (TPSA) is 29.5 Å². The van der Waals surface area contributed by atoms with E-state index in [1.807, 2.05) is 23.1 Å². The van der Waals surface area contributed by atoms with Gasteiger partial charge in [0.15, 0.2) is 6.61 Å². The van der Waals surface area contributed by atoms with Gasteiger partial charge in [-0.2, -0.15) is 12.6 Å². The van der Waals surface area contributed by atoms with Gasteiger partial charge in [-0.15, -0.1) is 0 Å². The van der Waals surface area contributed by atoms with Crippen LogP contribution in [0.3, 0.4) is 0 Å². The van der Waals surface area contributed by atoms with E-state index in [9.17, 15) is 4.79 Å². The molecule has 104 valence electrons. The van der Waals surface area contributed by atoms with Crippen LogP contribution < -0.4 is 9.64 Å². The minimum Gasteiger partial charge on any atom is -0.482 e. The van der Waals surface area contributed by atoms with Gasteiger partial charge in [0.25, 0.3) is 5.91 Å². The molecule has 0 fully saturated rings. The second-order valence-corrected chi connectivity index (χ2v) is 6.22. The molecule has 1 aliphatic rings. The van der Waals surface area contributed by atoms with E-state index in [1.165, 1.54) is 0 Å². The summed E-state index contributed by atoms with van der Waals surface area (Å²) in [4.78, 5) is 13.8. The fourth-order valence-corrected chi connectivity index (χ4v) is 2.92. The van der Waals surface area contributed by atoms with Crippen molar-refractivity contribution in [3.63, 3.8) is 0 Å². The molecule has 0 aromatic heterocycles. The van der Waals surface area contributed by atoms with Gasteiger partial charge in [-0.1, -0.05) is 22.9 Å². The van der Waals surface area contributed by atoms with Crippen LogP contribution in [0.4, 0.5) is 5.69 Å². The number of rotatable bonds is 5. The summed E-state index contributed by atoms with van der Waals surface area (Å²) in [7, 11) is 0. The molecule has 0 saturated heterocycles. The zero-order valence-electron chi connectivity index (χ0n) is 10.9. The number of ether oxygens (including phenoxy) is 1. The highest BCUT2D eigenvalue weighted by Gasteiger charge is 2.25. The first-order chi connectivity index (χ1) is 9.11. The molecule has 1 aliphatic heterocycles. The Labute approximate surface area is 127 Å². The lowest BCUT2D eigenvalue weighted by atomic mass is 10.0. The van der Waals surface area contributed by atoms with E-state index in [2.05, 4.69) is 35.5 Å². The van der Waals surface area contributed by atoms with Gasteiger partial charge in [-0.25, -0.2) is 0 Å². The third kappa shape index (κ3) is 3.66. The zero-order chi connectivity index (χ0) is 13.8. The summed E-state index contributed by atoms with van der Waals surface area (Å²) in [6.45, 7) is 3.07. The summed E-state index contributed by atoms with van der Waals surface area (Å²) in [6, 6.07) is 5.77. The number of halogens is 1. The number of anilines is 1. The van der Waals surface area contributed by atoms with Crippen molar-refractivity contribution < 1.29 is 9.53 Å². The molecule has 19 heavy (non-hydrogen) atoms. The number of carbonyl (C=O) groups is 1. The van der Waals surface area contributed by atoms with Crippen LogP contribution in [0.15, 0.2) is 22.7 Å². The van der Waals surface area contributed by atoms with E-state index in [1.54, 1.807) is 0 Å². The number of thiol groups is 1. The molecule has 1 aromatic carbocycles. The Bertz CT molecular complexity index is 467. The van der Waals surface area contributed by atoms with Crippen molar-refractivity contribution in [2.45, 2.75) is 19.8 Å². The lowest BCUT2D eigenvalue weighted by Crippen LogP contribution is -2.39. The Morgan fingerprint density at radius 2 is 2.26 bits per heavy atom. The lowest BCUT2D eigenvalue weighted by Gasteiger charge is -2.30. The lowest BCUT2D eigenvalue weighted by molar-refractivity contribution is -0.121. The van der Waals surface area contributed by atoms with E-state index in [-0.39, 0.29) is 12.5 Å². The van der Waals surface area contributed by atoms with Crippen molar-refractivity contribution >= 4 is 40.2 Å². The molecular weight excluding hydrogens is 326 g/mol. The van der Waals surface area contributed by atoms with Gasteiger partial charge in [0.1, 0.15) is 5.75 Å². The number of benzene rings is 1. The molecule has 0 saturated carbocycles. The molecule has 0 spiro atoms. The van der Waals surface area contributed by atoms with Gasteiger partial charge in [-0.05, 0) is 42.7 Å². The number of hydrogen-bond acceptors (Lipinski definition) is 3. The summed E-state index contributed by atoms with van der Waals surface area (Å²) in [5.74, 6) is 2.28. The predicted octanol–water partition coefficient (Wildman–Crippen LogP) is 3.52. The Balaban J connectivity index is 2.11. The monoisotopic (exact) mass is 343 g/mol. The van der Waals surface area contributed by atoms with Gasteiger partial charge in [0, 0.05) is 11.0 Å². The molecule has 0 bridgehead atoms. The Morgan fingerprint density at radius 3 is 3.00 bits per heavy atom. The molecule has 3 nitrogen and oxygen atoms in total. The van der Waals surface area contributed by atoms with Crippen molar-refractivity contribution in [3.05, 3.63) is 22.7 Å². The Hall–Kier alpha value is -0.680. The third-order valence-corrected chi connectivity index (χ3v) is 4.08. The first-order valence-electron chi connectivity index (χ1n) is 6.45. The van der Waals surface area contributed by atoms with Gasteiger partial charge in [0.2, 0.25) is 0 Å². The Kier molecular flexibility index (Phi) is 5.16. The highest BCUT2D eigenvalue weighted by molar-refractivity contribution is 9.10. The fraction of sp³-hybridized carbons (Fsp3) is 0.500. The van der Waals surface area contributed by atoms with E-state index < -0.39 is 0 Å². The molecule has 0 radical (unpaired) electrons. The first kappa shape index (κ1) is 14.7. The van der Waals surface area contributed by atoms with Gasteiger partial charge < -0.3 is 9.64 Å². The smallest absolute Gasteiger partial charge is 0.265 e. The van der Waals surface area contributed by atoms with Crippen molar-refractivity contribution in [1.82, 2.24) is 0 Å². The second-order valence-electron chi connectivity index (χ2n) is 4.85. The predicted molar refractivity (Wildman–Crippen MR) is 84.2 cm³/mol. The molecule has 0 aliphatic carbocycles. The molecule has 0 N–H and O–H groups in total. The highest BCUT2D eigenvalue weighted by atomic mass is 79.9. The number of nitrogens with zero attached hydrogens (tertiary/aromatic N) is 1. The van der Waals surface area contributed by atoms with Crippen molar-refractivity contribution in [1.29, 1.82) is 0 Å². The minimum atomic E-state index is 0.0312. The number of carbonyl (C=O) groups excluding carboxylic acids is 1. The number of hydrogen-bond donors (Lipinski definition) is 1. The second kappa shape index (κ2) is 6.66. The fourth-order valence-electron chi connectivity index (χ4n) is 2.13. The largest absolute Gasteiger partial charge is 0.482 e. The van der Waals surface area contributed by atoms with Crippen LogP contribution in [0.25, 0.3) is 0 Å². The maximum atomic E-state index is 12.0. The molecule has 2 rings (SSSR count). The molecule has 1 unspecified atom stereocenters. The van der Waals surface area contributed by atoms with Crippen LogP contribution in [-0.2, 0) is 4.79 Å². The van der Waals surface area contributed by atoms with E-state index >= 15 is 0 Å². The normalized spacial score (nSPS) is 15.9. The SMILES string of the molecule is CC(CCS)CCN1C(=O)COc2ccc(Br)cc21. The van der Waals surface area contributed by atoms with Gasteiger partial charge >= 0.3 is 0 Å². The van der Waals surface area contributed by atoms with Crippen LogP contribution in [0.2, 0.25) is 0 Å². The highest BCUT2D eigenvalue weighted by Crippen LogP contribution is 2.34. The minimum absolute atomic E-state index is 0.0312. The molecule has 5 heteroatoms. The van der Waals surface area contributed by atoms with Gasteiger partial charge in [-0.3, -0.25) is 4.79 Å². The third-order valence-electron chi connectivity index (χ3n) is 3.33. The number of amides is 1. The summed E-state index contributed by atoms with van der Waals surface area (Å²) in [5.41, 5.74) is 0.865. The molecular formula is C14H18BrNO2S. The maximum Gasteiger partial charge on any atom is 0.265 e. The van der Waals surface area contributed by atoms with Crippen LogP contribution >= 0.6 is 28.6 Å². The van der Waals surface area contributed by atoms with Crippen molar-refractivity contribution in [2.75, 3.05) is 23.8 Å². The van der Waals surface area contributed by atoms with Crippen LogP contribution in [0.5, 0.6) is 5.75 Å². The summed E-state index contributed by atoms with van der Waals surface area (Å²) in [5, 5.41) is 0. The van der Waals surface area contributed by atoms with Crippen molar-refractivity contribution in [3.8, 4) is 5.75 Å². The average molecular weight is 344 g/mol. The Morgan fingerprint density at radius 1 is 1.47 bits per heavy atom.